The maximum Gasteiger partial charge on any atom is 0.338 e. The fourth-order valence-corrected chi connectivity index (χ4v) is 2.79. The maximum atomic E-state index is 12.2. The van der Waals surface area contributed by atoms with E-state index in [1.807, 2.05) is 14.0 Å². The van der Waals surface area contributed by atoms with Crippen molar-refractivity contribution in [3.05, 3.63) is 45.2 Å². The van der Waals surface area contributed by atoms with Gasteiger partial charge in [0.25, 0.3) is 0 Å². The molecule has 112 valence electrons. The highest BCUT2D eigenvalue weighted by atomic mass is 79.9. The van der Waals surface area contributed by atoms with Gasteiger partial charge in [0.05, 0.1) is 21.4 Å². The SMILES string of the molecule is CCc1nn(C)c(COC(=O)c2cccc(N)c2C)c1Br. The third-order valence-corrected chi connectivity index (χ3v) is 4.35. The minimum absolute atomic E-state index is 0.164. The number of carbonyl (C=O) groups is 1. The van der Waals surface area contributed by atoms with E-state index in [0.717, 1.165) is 27.8 Å². The summed E-state index contributed by atoms with van der Waals surface area (Å²) >= 11 is 3.50. The minimum atomic E-state index is -0.383. The average molecular weight is 352 g/mol. The van der Waals surface area contributed by atoms with Crippen LogP contribution in [0.25, 0.3) is 0 Å². The lowest BCUT2D eigenvalue weighted by atomic mass is 10.1. The van der Waals surface area contributed by atoms with Crippen molar-refractivity contribution in [2.75, 3.05) is 5.73 Å². The number of nitrogens with zero attached hydrogens (tertiary/aromatic N) is 2. The van der Waals surface area contributed by atoms with E-state index in [1.165, 1.54) is 0 Å². The van der Waals surface area contributed by atoms with Gasteiger partial charge in [0.15, 0.2) is 0 Å². The summed E-state index contributed by atoms with van der Waals surface area (Å²) in [5, 5.41) is 4.37. The number of esters is 1. The van der Waals surface area contributed by atoms with Crippen LogP contribution in [0.1, 0.15) is 34.2 Å². The second-order valence-electron chi connectivity index (χ2n) is 4.78. The third-order valence-electron chi connectivity index (χ3n) is 3.44. The summed E-state index contributed by atoms with van der Waals surface area (Å²) in [7, 11) is 1.83. The Kier molecular flexibility index (Phi) is 4.67. The quantitative estimate of drug-likeness (QED) is 0.678. The zero-order valence-corrected chi connectivity index (χ0v) is 13.9. The molecule has 1 aromatic carbocycles. The number of anilines is 1. The standard InChI is InChI=1S/C15H18BrN3O2/c1-4-12-14(16)13(19(3)18-12)8-21-15(20)10-6-5-7-11(17)9(10)2/h5-7H,4,8,17H2,1-3H3. The smallest absolute Gasteiger partial charge is 0.338 e. The highest BCUT2D eigenvalue weighted by Gasteiger charge is 2.16. The molecule has 2 N–H and O–H groups in total. The Hall–Kier alpha value is -1.82. The second kappa shape index (κ2) is 6.30. The first-order valence-electron chi connectivity index (χ1n) is 6.68. The van der Waals surface area contributed by atoms with Crippen molar-refractivity contribution in [1.82, 2.24) is 9.78 Å². The van der Waals surface area contributed by atoms with Crippen LogP contribution >= 0.6 is 15.9 Å². The molecule has 1 heterocycles. The van der Waals surface area contributed by atoms with Crippen LogP contribution in [0.15, 0.2) is 22.7 Å². The number of hydrogen-bond acceptors (Lipinski definition) is 4. The molecule has 0 aliphatic rings. The molecule has 0 unspecified atom stereocenters. The van der Waals surface area contributed by atoms with Gasteiger partial charge in [-0.15, -0.1) is 0 Å². The average Bonchev–Trinajstić information content (AvgIpc) is 2.74. The topological polar surface area (TPSA) is 70.1 Å². The first-order chi connectivity index (χ1) is 9.95. The Morgan fingerprint density at radius 1 is 1.48 bits per heavy atom. The Bertz CT molecular complexity index is 680. The molecule has 0 aliphatic carbocycles. The number of aryl methyl sites for hydroxylation is 2. The van der Waals surface area contributed by atoms with Gasteiger partial charge in [0, 0.05) is 12.7 Å². The monoisotopic (exact) mass is 351 g/mol. The van der Waals surface area contributed by atoms with Crippen LogP contribution in [0.4, 0.5) is 5.69 Å². The number of halogens is 1. The highest BCUT2D eigenvalue weighted by molar-refractivity contribution is 9.10. The molecule has 0 saturated carbocycles. The fraction of sp³-hybridized carbons (Fsp3) is 0.333. The number of hydrogen-bond donors (Lipinski definition) is 1. The summed E-state index contributed by atoms with van der Waals surface area (Å²) in [6.07, 6.45) is 0.816. The molecule has 21 heavy (non-hydrogen) atoms. The zero-order valence-electron chi connectivity index (χ0n) is 12.3. The van der Waals surface area contributed by atoms with E-state index in [1.54, 1.807) is 29.8 Å². The van der Waals surface area contributed by atoms with E-state index in [4.69, 9.17) is 10.5 Å². The minimum Gasteiger partial charge on any atom is -0.456 e. The van der Waals surface area contributed by atoms with E-state index in [9.17, 15) is 4.79 Å². The summed E-state index contributed by atoms with van der Waals surface area (Å²) in [5.41, 5.74) is 9.40. The van der Waals surface area contributed by atoms with Crippen LogP contribution in [0.5, 0.6) is 0 Å². The van der Waals surface area contributed by atoms with Crippen molar-refractivity contribution in [2.45, 2.75) is 26.9 Å². The van der Waals surface area contributed by atoms with Gasteiger partial charge in [-0.3, -0.25) is 4.68 Å². The molecule has 0 spiro atoms. The molecule has 0 amide bonds. The van der Waals surface area contributed by atoms with E-state index in [2.05, 4.69) is 21.0 Å². The molecule has 6 heteroatoms. The molecule has 0 fully saturated rings. The lowest BCUT2D eigenvalue weighted by Crippen LogP contribution is -2.10. The van der Waals surface area contributed by atoms with Gasteiger partial charge in [0.2, 0.25) is 0 Å². The number of ether oxygens (including phenoxy) is 1. The molecular weight excluding hydrogens is 334 g/mol. The molecule has 0 bridgehead atoms. The zero-order chi connectivity index (χ0) is 15.6. The molecule has 0 saturated heterocycles. The van der Waals surface area contributed by atoms with Gasteiger partial charge < -0.3 is 10.5 Å². The van der Waals surface area contributed by atoms with E-state index in [0.29, 0.717) is 11.3 Å². The summed E-state index contributed by atoms with van der Waals surface area (Å²) < 4.78 is 8.00. The Balaban J connectivity index is 2.15. The Morgan fingerprint density at radius 2 is 2.19 bits per heavy atom. The molecule has 2 aromatic rings. The van der Waals surface area contributed by atoms with Gasteiger partial charge in [-0.25, -0.2) is 4.79 Å². The summed E-state index contributed by atoms with van der Waals surface area (Å²) in [6, 6.07) is 5.22. The number of rotatable bonds is 4. The van der Waals surface area contributed by atoms with E-state index < -0.39 is 0 Å². The normalized spacial score (nSPS) is 10.7. The Labute approximate surface area is 132 Å². The molecular formula is C15H18BrN3O2. The molecule has 0 atom stereocenters. The van der Waals surface area contributed by atoms with Gasteiger partial charge in [-0.05, 0) is 47.0 Å². The summed E-state index contributed by atoms with van der Waals surface area (Å²) in [4.78, 5) is 12.2. The fourth-order valence-electron chi connectivity index (χ4n) is 2.06. The first-order valence-corrected chi connectivity index (χ1v) is 7.47. The van der Waals surface area contributed by atoms with Crippen LogP contribution in [-0.4, -0.2) is 15.7 Å². The predicted molar refractivity (Wildman–Crippen MR) is 85.0 cm³/mol. The van der Waals surface area contributed by atoms with Crippen LogP contribution in [-0.2, 0) is 24.8 Å². The van der Waals surface area contributed by atoms with Crippen molar-refractivity contribution >= 4 is 27.6 Å². The second-order valence-corrected chi connectivity index (χ2v) is 5.57. The van der Waals surface area contributed by atoms with Crippen molar-refractivity contribution in [1.29, 1.82) is 0 Å². The number of benzene rings is 1. The number of aromatic nitrogens is 2. The molecule has 5 nitrogen and oxygen atoms in total. The van der Waals surface area contributed by atoms with Gasteiger partial charge in [-0.1, -0.05) is 13.0 Å². The van der Waals surface area contributed by atoms with Crippen LogP contribution in [0, 0.1) is 6.92 Å². The Morgan fingerprint density at radius 3 is 2.81 bits per heavy atom. The number of nitrogen functional groups attached to an aromatic ring is 1. The highest BCUT2D eigenvalue weighted by Crippen LogP contribution is 2.23. The van der Waals surface area contributed by atoms with Crippen molar-refractivity contribution in [3.8, 4) is 0 Å². The summed E-state index contributed by atoms with van der Waals surface area (Å²) in [6.45, 7) is 4.00. The van der Waals surface area contributed by atoms with Crippen LogP contribution < -0.4 is 5.73 Å². The lowest BCUT2D eigenvalue weighted by molar-refractivity contribution is 0.0462. The van der Waals surface area contributed by atoms with E-state index >= 15 is 0 Å². The first kappa shape index (κ1) is 15.6. The predicted octanol–water partition coefficient (Wildman–Crippen LogP) is 2.99. The van der Waals surface area contributed by atoms with Crippen molar-refractivity contribution in [3.63, 3.8) is 0 Å². The van der Waals surface area contributed by atoms with Crippen molar-refractivity contribution in [2.24, 2.45) is 7.05 Å². The van der Waals surface area contributed by atoms with E-state index in [-0.39, 0.29) is 12.6 Å². The lowest BCUT2D eigenvalue weighted by Gasteiger charge is -2.09. The molecule has 1 aromatic heterocycles. The molecule has 0 radical (unpaired) electrons. The van der Waals surface area contributed by atoms with Crippen molar-refractivity contribution < 1.29 is 9.53 Å². The maximum absolute atomic E-state index is 12.2. The molecule has 2 rings (SSSR count). The third kappa shape index (κ3) is 3.10. The summed E-state index contributed by atoms with van der Waals surface area (Å²) in [5.74, 6) is -0.383. The largest absolute Gasteiger partial charge is 0.456 e. The van der Waals surface area contributed by atoms with Gasteiger partial charge in [0.1, 0.15) is 6.61 Å². The number of nitrogens with two attached hydrogens (primary N) is 1. The van der Waals surface area contributed by atoms with Gasteiger partial charge >= 0.3 is 5.97 Å². The van der Waals surface area contributed by atoms with Crippen LogP contribution in [0.2, 0.25) is 0 Å². The van der Waals surface area contributed by atoms with Gasteiger partial charge in [-0.2, -0.15) is 5.10 Å². The van der Waals surface area contributed by atoms with Crippen LogP contribution in [0.3, 0.4) is 0 Å². The number of carbonyl (C=O) groups excluding carboxylic acids is 1. The molecule has 0 aliphatic heterocycles.